The second-order valence-corrected chi connectivity index (χ2v) is 2.90. The van der Waals surface area contributed by atoms with Crippen molar-refractivity contribution < 1.29 is 14.6 Å². The third-order valence-electron chi connectivity index (χ3n) is 2.00. The first-order chi connectivity index (χ1) is 5.15. The summed E-state index contributed by atoms with van der Waals surface area (Å²) in [4.78, 5) is 0. The van der Waals surface area contributed by atoms with Crippen LogP contribution in [0.15, 0.2) is 0 Å². The van der Waals surface area contributed by atoms with E-state index in [0.29, 0.717) is 6.42 Å². The van der Waals surface area contributed by atoms with Gasteiger partial charge in [0.05, 0.1) is 12.2 Å². The van der Waals surface area contributed by atoms with Crippen LogP contribution in [0.5, 0.6) is 0 Å². The van der Waals surface area contributed by atoms with E-state index in [1.54, 1.807) is 7.11 Å². The fourth-order valence-corrected chi connectivity index (χ4v) is 1.46. The maximum absolute atomic E-state index is 9.11. The molecule has 3 N–H and O–H groups in total. The summed E-state index contributed by atoms with van der Waals surface area (Å²) in [5.74, 6) is 0. The van der Waals surface area contributed by atoms with E-state index in [0.717, 1.165) is 0 Å². The van der Waals surface area contributed by atoms with Gasteiger partial charge < -0.3 is 20.3 Å². The molecule has 66 valence electrons. The lowest BCUT2D eigenvalue weighted by molar-refractivity contribution is -0.204. The van der Waals surface area contributed by atoms with Gasteiger partial charge >= 0.3 is 0 Å². The third kappa shape index (κ3) is 1.90. The predicted molar refractivity (Wildman–Crippen MR) is 39.9 cm³/mol. The molecule has 11 heavy (non-hydrogen) atoms. The van der Waals surface area contributed by atoms with Crippen LogP contribution in [0.1, 0.15) is 13.3 Å². The lowest BCUT2D eigenvalue weighted by Gasteiger charge is -2.35. The summed E-state index contributed by atoms with van der Waals surface area (Å²) in [7, 11) is 1.60. The molecule has 4 heteroatoms. The highest BCUT2D eigenvalue weighted by molar-refractivity contribution is 4.83. The predicted octanol–water partition coefficient (Wildman–Crippen LogP) is -0.544. The van der Waals surface area contributed by atoms with Crippen LogP contribution >= 0.6 is 0 Å². The first-order valence-corrected chi connectivity index (χ1v) is 3.77. The normalized spacial score (nSPS) is 45.8. The molecule has 1 saturated heterocycles. The lowest BCUT2D eigenvalue weighted by atomic mass is 10.0. The second-order valence-electron chi connectivity index (χ2n) is 2.90. The van der Waals surface area contributed by atoms with E-state index in [9.17, 15) is 0 Å². The van der Waals surface area contributed by atoms with Crippen molar-refractivity contribution in [1.82, 2.24) is 0 Å². The average Bonchev–Trinajstić information content (AvgIpc) is 1.85. The Morgan fingerprint density at radius 3 is 2.73 bits per heavy atom. The van der Waals surface area contributed by atoms with E-state index in [1.165, 1.54) is 0 Å². The molecule has 0 spiro atoms. The first-order valence-electron chi connectivity index (χ1n) is 3.77. The molecule has 0 aromatic rings. The summed E-state index contributed by atoms with van der Waals surface area (Å²) >= 11 is 0. The van der Waals surface area contributed by atoms with E-state index >= 15 is 0 Å². The zero-order valence-corrected chi connectivity index (χ0v) is 6.86. The van der Waals surface area contributed by atoms with Gasteiger partial charge in [0.15, 0.2) is 6.29 Å². The van der Waals surface area contributed by atoms with Crippen molar-refractivity contribution in [3.63, 3.8) is 0 Å². The van der Waals surface area contributed by atoms with Crippen molar-refractivity contribution >= 4 is 0 Å². The van der Waals surface area contributed by atoms with Crippen LogP contribution in [-0.4, -0.2) is 36.8 Å². The zero-order valence-electron chi connectivity index (χ0n) is 6.86. The Labute approximate surface area is 66.3 Å². The van der Waals surface area contributed by atoms with Gasteiger partial charge in [0.2, 0.25) is 0 Å². The van der Waals surface area contributed by atoms with Crippen molar-refractivity contribution in [2.45, 2.75) is 37.9 Å². The molecule has 0 amide bonds. The Kier molecular flexibility index (Phi) is 2.84. The van der Waals surface area contributed by atoms with Crippen molar-refractivity contribution in [2.24, 2.45) is 5.73 Å². The third-order valence-corrected chi connectivity index (χ3v) is 2.00. The van der Waals surface area contributed by atoms with Gasteiger partial charge in [0.1, 0.15) is 0 Å². The van der Waals surface area contributed by atoms with Crippen molar-refractivity contribution in [3.8, 4) is 0 Å². The molecular formula is C7H15NO3. The van der Waals surface area contributed by atoms with Crippen LogP contribution in [0.2, 0.25) is 0 Å². The number of aliphatic hydroxyl groups excluding tert-OH is 1. The summed E-state index contributed by atoms with van der Waals surface area (Å²) in [5.41, 5.74) is 5.71. The number of nitrogens with two attached hydrogens (primary N) is 1. The Bertz CT molecular complexity index is 119. The molecule has 0 radical (unpaired) electrons. The molecule has 1 heterocycles. The maximum Gasteiger partial charge on any atom is 0.156 e. The molecule has 1 rings (SSSR count). The van der Waals surface area contributed by atoms with Gasteiger partial charge in [0.25, 0.3) is 0 Å². The highest BCUT2D eigenvalue weighted by Crippen LogP contribution is 2.18. The van der Waals surface area contributed by atoms with E-state index in [4.69, 9.17) is 20.3 Å². The number of methoxy groups -OCH3 is 1. The molecule has 4 nitrogen and oxygen atoms in total. The summed E-state index contributed by atoms with van der Waals surface area (Å²) in [6, 6.07) is -0.126. The van der Waals surface area contributed by atoms with Crippen LogP contribution in [0.3, 0.4) is 0 Å². The largest absolute Gasteiger partial charge is 0.377 e. The molecule has 0 aromatic heterocycles. The van der Waals surface area contributed by atoms with E-state index in [-0.39, 0.29) is 18.2 Å². The number of ether oxygens (including phenoxy) is 2. The second kappa shape index (κ2) is 3.49. The van der Waals surface area contributed by atoms with Crippen molar-refractivity contribution in [3.05, 3.63) is 0 Å². The van der Waals surface area contributed by atoms with Crippen LogP contribution in [0.25, 0.3) is 0 Å². The fraction of sp³-hybridized carbons (Fsp3) is 1.00. The van der Waals surface area contributed by atoms with Crippen molar-refractivity contribution in [1.29, 1.82) is 0 Å². The summed E-state index contributed by atoms with van der Waals surface area (Å²) < 4.78 is 10.2. The van der Waals surface area contributed by atoms with E-state index < -0.39 is 6.29 Å². The minimum absolute atomic E-state index is 0.0987. The van der Waals surface area contributed by atoms with Gasteiger partial charge in [0, 0.05) is 19.6 Å². The number of aliphatic hydroxyl groups is 1. The number of rotatable bonds is 1. The van der Waals surface area contributed by atoms with Crippen molar-refractivity contribution in [2.75, 3.05) is 7.11 Å². The topological polar surface area (TPSA) is 64.7 Å². The minimum atomic E-state index is -0.730. The molecule has 1 fully saturated rings. The van der Waals surface area contributed by atoms with Crippen LogP contribution in [0.4, 0.5) is 0 Å². The van der Waals surface area contributed by atoms with Gasteiger partial charge in [-0.25, -0.2) is 0 Å². The highest BCUT2D eigenvalue weighted by Gasteiger charge is 2.33. The van der Waals surface area contributed by atoms with E-state index in [2.05, 4.69) is 0 Å². The van der Waals surface area contributed by atoms with Gasteiger partial charge in [-0.15, -0.1) is 0 Å². The summed E-state index contributed by atoms with van der Waals surface area (Å²) in [6.07, 6.45) is -0.508. The number of hydrogen-bond donors (Lipinski definition) is 2. The molecule has 4 atom stereocenters. The van der Waals surface area contributed by atoms with Gasteiger partial charge in [-0.1, -0.05) is 0 Å². The standard InChI is InChI=1S/C7H15NO3/c1-4-7(10-2)5(8)3-6(9)11-4/h4-7,9H,3,8H2,1-2H3/t4-,5-,6-,7-/m0/s1. The van der Waals surface area contributed by atoms with Crippen LogP contribution in [-0.2, 0) is 9.47 Å². The molecule has 0 aromatic carbocycles. The number of hydrogen-bond acceptors (Lipinski definition) is 4. The monoisotopic (exact) mass is 161 g/mol. The molecule has 0 aliphatic carbocycles. The summed E-state index contributed by atoms with van der Waals surface area (Å²) in [6.45, 7) is 1.84. The van der Waals surface area contributed by atoms with Gasteiger partial charge in [-0.05, 0) is 6.92 Å². The van der Waals surface area contributed by atoms with Gasteiger partial charge in [-0.3, -0.25) is 0 Å². The average molecular weight is 161 g/mol. The Morgan fingerprint density at radius 2 is 2.27 bits per heavy atom. The first kappa shape index (κ1) is 8.93. The fourth-order valence-electron chi connectivity index (χ4n) is 1.46. The minimum Gasteiger partial charge on any atom is -0.377 e. The molecule has 0 bridgehead atoms. The van der Waals surface area contributed by atoms with Crippen LogP contribution < -0.4 is 5.73 Å². The molecule has 1 aliphatic rings. The van der Waals surface area contributed by atoms with Gasteiger partial charge in [-0.2, -0.15) is 0 Å². The smallest absolute Gasteiger partial charge is 0.156 e. The van der Waals surface area contributed by atoms with E-state index in [1.807, 2.05) is 6.92 Å². The Morgan fingerprint density at radius 1 is 1.64 bits per heavy atom. The zero-order chi connectivity index (χ0) is 8.43. The highest BCUT2D eigenvalue weighted by atomic mass is 16.6. The summed E-state index contributed by atoms with van der Waals surface area (Å²) in [5, 5.41) is 9.11. The SMILES string of the molecule is CO[C@H]1[C@H](C)O[C@H](O)C[C@@H]1N. The molecule has 0 unspecified atom stereocenters. The molecule has 0 saturated carbocycles. The Hall–Kier alpha value is -0.160. The Balaban J connectivity index is 2.52. The molecule has 1 aliphatic heterocycles. The lowest BCUT2D eigenvalue weighted by Crippen LogP contribution is -2.51. The van der Waals surface area contributed by atoms with Crippen LogP contribution in [0, 0.1) is 0 Å². The molecular weight excluding hydrogens is 146 g/mol. The maximum atomic E-state index is 9.11. The quantitative estimate of drug-likeness (QED) is 0.542.